The fraction of sp³-hybridized carbons (Fsp3) is 0.200. The molecule has 0 saturated heterocycles. The summed E-state index contributed by atoms with van der Waals surface area (Å²) in [6.07, 6.45) is -0.944. The van der Waals surface area contributed by atoms with Gasteiger partial charge in [-0.15, -0.1) is 0 Å². The molecule has 138 valence electrons. The van der Waals surface area contributed by atoms with Crippen molar-refractivity contribution in [3.63, 3.8) is 0 Å². The van der Waals surface area contributed by atoms with Gasteiger partial charge in [-0.1, -0.05) is 24.3 Å². The summed E-state index contributed by atoms with van der Waals surface area (Å²) in [6.45, 7) is 3.64. The molecule has 7 heteroatoms. The molecule has 0 fully saturated rings. The number of phenols is 1. The molecule has 4 N–H and O–H groups in total. The molecule has 0 saturated carbocycles. The number of nitrogens with zero attached hydrogens (tertiary/aromatic N) is 2. The van der Waals surface area contributed by atoms with E-state index in [-0.39, 0.29) is 17.9 Å². The van der Waals surface area contributed by atoms with E-state index in [1.807, 2.05) is 25.1 Å². The van der Waals surface area contributed by atoms with Crippen LogP contribution < -0.4 is 5.32 Å². The molecular weight excluding hydrogens is 344 g/mol. The number of rotatable bonds is 5. The number of nitrogens with one attached hydrogen (secondary N) is 2. The quantitative estimate of drug-likeness (QED) is 0.514. The van der Waals surface area contributed by atoms with Crippen LogP contribution in [0, 0.1) is 12.3 Å². The van der Waals surface area contributed by atoms with Crippen molar-refractivity contribution in [1.29, 1.82) is 5.41 Å². The molecule has 0 aliphatic carbocycles. The highest BCUT2D eigenvalue weighted by Crippen LogP contribution is 2.29. The Morgan fingerprint density at radius 3 is 2.67 bits per heavy atom. The van der Waals surface area contributed by atoms with Gasteiger partial charge in [0.1, 0.15) is 5.75 Å². The fourth-order valence-corrected chi connectivity index (χ4v) is 2.92. The van der Waals surface area contributed by atoms with Crippen molar-refractivity contribution in [2.24, 2.45) is 0 Å². The van der Waals surface area contributed by atoms with E-state index in [1.54, 1.807) is 31.2 Å². The molecule has 0 bridgehead atoms. The Hall–Kier alpha value is -3.48. The number of benzene rings is 2. The number of aromatic nitrogens is 2. The first-order valence-corrected chi connectivity index (χ1v) is 8.49. The number of carbonyl (C=O) groups is 1. The Bertz CT molecular complexity index is 1030. The highest BCUT2D eigenvalue weighted by atomic mass is 16.4. The minimum absolute atomic E-state index is 0.0582. The van der Waals surface area contributed by atoms with E-state index in [2.05, 4.69) is 15.3 Å². The largest absolute Gasteiger partial charge is 0.507 e. The Morgan fingerprint density at radius 2 is 1.96 bits per heavy atom. The third kappa shape index (κ3) is 4.03. The minimum atomic E-state index is -1.13. The summed E-state index contributed by atoms with van der Waals surface area (Å²) in [7, 11) is 0. The summed E-state index contributed by atoms with van der Waals surface area (Å²) in [5.41, 5.74) is 2.79. The predicted octanol–water partition coefficient (Wildman–Crippen LogP) is 3.72. The van der Waals surface area contributed by atoms with Gasteiger partial charge in [-0.25, -0.2) is 14.8 Å². The van der Waals surface area contributed by atoms with E-state index < -0.39 is 12.1 Å². The molecule has 1 heterocycles. The highest BCUT2D eigenvalue weighted by molar-refractivity contribution is 6.07. The van der Waals surface area contributed by atoms with Gasteiger partial charge in [0.25, 0.3) is 0 Å². The summed E-state index contributed by atoms with van der Waals surface area (Å²) in [4.78, 5) is 19.9. The molecule has 27 heavy (non-hydrogen) atoms. The molecule has 1 atom stereocenters. The van der Waals surface area contributed by atoms with E-state index in [0.29, 0.717) is 28.0 Å². The van der Waals surface area contributed by atoms with E-state index in [0.717, 1.165) is 5.56 Å². The molecule has 7 nitrogen and oxygen atoms in total. The lowest BCUT2D eigenvalue weighted by Gasteiger charge is -2.14. The number of aryl methyl sites for hydroxylation is 1. The smallest absolute Gasteiger partial charge is 0.404 e. The van der Waals surface area contributed by atoms with Crippen LogP contribution in [0.4, 0.5) is 4.79 Å². The van der Waals surface area contributed by atoms with Crippen LogP contribution in [0.25, 0.3) is 22.3 Å². The van der Waals surface area contributed by atoms with Crippen molar-refractivity contribution in [3.8, 4) is 17.1 Å². The lowest BCUT2D eigenvalue weighted by molar-refractivity contribution is 0.191. The SMILES string of the molecule is Cc1ccc2c(C(=N)C[C@H](C)NC(=O)O)nc(-c3ccccc3O)nc2c1. The van der Waals surface area contributed by atoms with Gasteiger partial charge >= 0.3 is 6.09 Å². The van der Waals surface area contributed by atoms with Gasteiger partial charge in [0, 0.05) is 17.8 Å². The van der Waals surface area contributed by atoms with E-state index >= 15 is 0 Å². The molecule has 3 aromatic rings. The zero-order valence-corrected chi connectivity index (χ0v) is 15.0. The fourth-order valence-electron chi connectivity index (χ4n) is 2.92. The van der Waals surface area contributed by atoms with Crippen molar-refractivity contribution >= 4 is 22.7 Å². The van der Waals surface area contributed by atoms with Crippen molar-refractivity contribution in [1.82, 2.24) is 15.3 Å². The molecule has 3 rings (SSSR count). The maximum atomic E-state index is 10.8. The van der Waals surface area contributed by atoms with Crippen LogP contribution in [-0.2, 0) is 0 Å². The van der Waals surface area contributed by atoms with Gasteiger partial charge in [-0.3, -0.25) is 0 Å². The Morgan fingerprint density at radius 1 is 1.22 bits per heavy atom. The van der Waals surface area contributed by atoms with Crippen molar-refractivity contribution < 1.29 is 15.0 Å². The third-order valence-electron chi connectivity index (χ3n) is 4.16. The molecule has 0 spiro atoms. The average molecular weight is 364 g/mol. The number of phenolic OH excluding ortho intramolecular Hbond substituents is 1. The van der Waals surface area contributed by atoms with E-state index in [4.69, 9.17) is 10.5 Å². The van der Waals surface area contributed by atoms with Gasteiger partial charge in [-0.05, 0) is 37.6 Å². The van der Waals surface area contributed by atoms with Gasteiger partial charge in [-0.2, -0.15) is 0 Å². The number of hydrogen-bond acceptors (Lipinski definition) is 5. The summed E-state index contributed by atoms with van der Waals surface area (Å²) < 4.78 is 0. The summed E-state index contributed by atoms with van der Waals surface area (Å²) in [6, 6.07) is 12.0. The maximum Gasteiger partial charge on any atom is 0.404 e. The molecule has 1 amide bonds. The van der Waals surface area contributed by atoms with Gasteiger partial charge in [0.05, 0.1) is 22.5 Å². The maximum absolute atomic E-state index is 10.8. The molecule has 0 radical (unpaired) electrons. The Labute approximate surface area is 156 Å². The van der Waals surface area contributed by atoms with Crippen LogP contribution in [-0.4, -0.2) is 38.0 Å². The molecular formula is C20H20N4O3. The standard InChI is InChI=1S/C20H20N4O3/c1-11-7-8-13-16(9-11)23-19(14-5-3-4-6-17(14)25)24-18(13)15(21)10-12(2)22-20(26)27/h3-9,12,21-22,25H,10H2,1-2H3,(H,26,27)/t12-/m0/s1. The topological polar surface area (TPSA) is 119 Å². The average Bonchev–Trinajstić information content (AvgIpc) is 2.60. The van der Waals surface area contributed by atoms with Crippen molar-refractivity contribution in [3.05, 3.63) is 53.7 Å². The van der Waals surface area contributed by atoms with Crippen molar-refractivity contribution in [2.45, 2.75) is 26.3 Å². The van der Waals surface area contributed by atoms with Crippen LogP contribution in [0.5, 0.6) is 5.75 Å². The van der Waals surface area contributed by atoms with E-state index in [1.165, 1.54) is 0 Å². The predicted molar refractivity (Wildman–Crippen MR) is 103 cm³/mol. The van der Waals surface area contributed by atoms with Gasteiger partial charge < -0.3 is 20.9 Å². The van der Waals surface area contributed by atoms with Crippen LogP contribution in [0.3, 0.4) is 0 Å². The number of carboxylic acid groups (broad SMARTS) is 1. The normalized spacial score (nSPS) is 11.9. The summed E-state index contributed by atoms with van der Waals surface area (Å²) in [5.74, 6) is 0.382. The number of amides is 1. The van der Waals surface area contributed by atoms with E-state index in [9.17, 15) is 9.90 Å². The number of hydrogen-bond donors (Lipinski definition) is 4. The number of fused-ring (bicyclic) bond motifs is 1. The molecule has 0 aliphatic rings. The first-order valence-electron chi connectivity index (χ1n) is 8.49. The molecule has 2 aromatic carbocycles. The summed E-state index contributed by atoms with van der Waals surface area (Å²) >= 11 is 0. The van der Waals surface area contributed by atoms with Crippen LogP contribution in [0.15, 0.2) is 42.5 Å². The first kappa shape index (κ1) is 18.3. The molecule has 0 unspecified atom stereocenters. The summed E-state index contributed by atoms with van der Waals surface area (Å²) in [5, 5.41) is 30.5. The lowest BCUT2D eigenvalue weighted by Crippen LogP contribution is -2.33. The first-order chi connectivity index (χ1) is 12.8. The second-order valence-electron chi connectivity index (χ2n) is 6.47. The molecule has 0 aliphatic heterocycles. The van der Waals surface area contributed by atoms with Crippen LogP contribution in [0.1, 0.15) is 24.6 Å². The Kier molecular flexibility index (Phi) is 5.03. The second-order valence-corrected chi connectivity index (χ2v) is 6.47. The van der Waals surface area contributed by atoms with Crippen molar-refractivity contribution in [2.75, 3.05) is 0 Å². The van der Waals surface area contributed by atoms with Gasteiger partial charge in [0.15, 0.2) is 5.82 Å². The zero-order chi connectivity index (χ0) is 19.6. The lowest BCUT2D eigenvalue weighted by atomic mass is 10.0. The molecule has 1 aromatic heterocycles. The second kappa shape index (κ2) is 7.41. The number of para-hydroxylation sites is 1. The highest BCUT2D eigenvalue weighted by Gasteiger charge is 2.17. The number of aromatic hydroxyl groups is 1. The Balaban J connectivity index is 2.11. The van der Waals surface area contributed by atoms with Crippen LogP contribution >= 0.6 is 0 Å². The van der Waals surface area contributed by atoms with Crippen LogP contribution in [0.2, 0.25) is 0 Å². The third-order valence-corrected chi connectivity index (χ3v) is 4.16. The monoisotopic (exact) mass is 364 g/mol. The minimum Gasteiger partial charge on any atom is -0.507 e. The van der Waals surface area contributed by atoms with Gasteiger partial charge in [0.2, 0.25) is 0 Å². The zero-order valence-electron chi connectivity index (χ0n) is 15.0.